The first kappa shape index (κ1) is 19.4. The van der Waals surface area contributed by atoms with Crippen molar-refractivity contribution in [1.82, 2.24) is 4.98 Å². The monoisotopic (exact) mass is 375 g/mol. The third-order valence-electron chi connectivity index (χ3n) is 4.46. The topological polar surface area (TPSA) is 143 Å². The fourth-order valence-corrected chi connectivity index (χ4v) is 2.92. The van der Waals surface area contributed by atoms with Crippen LogP contribution in [0.2, 0.25) is 0 Å². The molecular weight excluding hydrogens is 354 g/mol. The van der Waals surface area contributed by atoms with E-state index in [1.807, 2.05) is 36.4 Å². The van der Waals surface area contributed by atoms with E-state index in [-0.39, 0.29) is 5.43 Å². The Bertz CT molecular complexity index is 922. The average Bonchev–Trinajstić information content (AvgIpc) is 2.68. The zero-order valence-corrected chi connectivity index (χ0v) is 14.3. The lowest BCUT2D eigenvalue weighted by molar-refractivity contribution is -0.286. The molecule has 5 atom stereocenters. The second kappa shape index (κ2) is 8.13. The van der Waals surface area contributed by atoms with Crippen molar-refractivity contribution in [2.45, 2.75) is 30.7 Å². The molecule has 2 heterocycles. The van der Waals surface area contributed by atoms with E-state index in [1.54, 1.807) is 12.1 Å². The zero-order valence-electron chi connectivity index (χ0n) is 14.3. The minimum atomic E-state index is -1.57. The highest BCUT2D eigenvalue weighted by atomic mass is 16.6. The maximum atomic E-state index is 11.6. The van der Waals surface area contributed by atoms with Crippen molar-refractivity contribution in [3.05, 3.63) is 58.8 Å². The van der Waals surface area contributed by atoms with Gasteiger partial charge < -0.3 is 35.3 Å². The van der Waals surface area contributed by atoms with Gasteiger partial charge in [-0.25, -0.2) is 0 Å². The van der Waals surface area contributed by atoms with E-state index in [4.69, 9.17) is 25.5 Å². The lowest BCUT2D eigenvalue weighted by Gasteiger charge is -2.37. The van der Waals surface area contributed by atoms with Gasteiger partial charge in [-0.1, -0.05) is 24.3 Å². The van der Waals surface area contributed by atoms with E-state index in [2.05, 4.69) is 9.72 Å². The molecule has 6 N–H and O–H groups in total. The number of hydrogen-bond donors (Lipinski definition) is 6. The van der Waals surface area contributed by atoms with Crippen LogP contribution in [0.25, 0.3) is 22.2 Å². The van der Waals surface area contributed by atoms with E-state index in [0.717, 1.165) is 22.2 Å². The van der Waals surface area contributed by atoms with Crippen LogP contribution in [0.5, 0.6) is 0 Å². The Morgan fingerprint density at radius 1 is 0.926 bits per heavy atom. The molecule has 1 aliphatic carbocycles. The van der Waals surface area contributed by atoms with Crippen LogP contribution in [-0.2, 0) is 4.74 Å². The molecule has 0 aromatic heterocycles. The largest absolute Gasteiger partial charge is 0.394 e. The number of benzene rings is 2. The van der Waals surface area contributed by atoms with Crippen LogP contribution < -0.4 is 5.43 Å². The fraction of sp³-hybridized carbons (Fsp3) is 0.316. The Balaban J connectivity index is 0.000000161. The number of aromatic nitrogens is 1. The Morgan fingerprint density at radius 2 is 1.67 bits per heavy atom. The van der Waals surface area contributed by atoms with Gasteiger partial charge in [0.15, 0.2) is 11.7 Å². The van der Waals surface area contributed by atoms with Crippen LogP contribution in [0.15, 0.2) is 53.3 Å². The molecule has 3 aliphatic rings. The van der Waals surface area contributed by atoms with Gasteiger partial charge in [0.1, 0.15) is 24.4 Å². The van der Waals surface area contributed by atoms with Crippen molar-refractivity contribution < 1.29 is 30.3 Å². The van der Waals surface area contributed by atoms with E-state index in [1.165, 1.54) is 0 Å². The number of aliphatic hydroxyl groups excluding tert-OH is 5. The second-order valence-corrected chi connectivity index (χ2v) is 6.29. The molecule has 1 fully saturated rings. The highest BCUT2D eigenvalue weighted by molar-refractivity contribution is 5.85. The molecule has 0 amide bonds. The fourth-order valence-electron chi connectivity index (χ4n) is 2.92. The summed E-state index contributed by atoms with van der Waals surface area (Å²) >= 11 is 0. The summed E-state index contributed by atoms with van der Waals surface area (Å²) in [5.41, 5.74) is 2.75. The standard InChI is InChI=1S/C13H9NO.C6H12O6/c15-13-7-3-6-12-10(13)8-9-4-1-2-5-11(9)14-12;7-1-2-3(8)4(9)5(10)6(11)12-2/h1-8,14H;2-11H,1H2/t;2-,3+,4+,5-,6-/m.1/s1. The number of aromatic amines is 1. The summed E-state index contributed by atoms with van der Waals surface area (Å²) in [5.74, 6) is 0. The van der Waals surface area contributed by atoms with Gasteiger partial charge in [-0.05, 0) is 29.7 Å². The molecule has 2 aliphatic heterocycles. The van der Waals surface area contributed by atoms with Gasteiger partial charge in [0.25, 0.3) is 0 Å². The van der Waals surface area contributed by atoms with Crippen LogP contribution in [0.4, 0.5) is 0 Å². The smallest absolute Gasteiger partial charge is 0.187 e. The van der Waals surface area contributed by atoms with Gasteiger partial charge in [-0.2, -0.15) is 0 Å². The first-order valence-corrected chi connectivity index (χ1v) is 8.41. The van der Waals surface area contributed by atoms with Gasteiger partial charge >= 0.3 is 0 Å². The van der Waals surface area contributed by atoms with Gasteiger partial charge in [0.2, 0.25) is 0 Å². The lowest BCUT2D eigenvalue weighted by Crippen LogP contribution is -2.58. The predicted molar refractivity (Wildman–Crippen MR) is 97.2 cm³/mol. The highest BCUT2D eigenvalue weighted by Gasteiger charge is 2.42. The summed E-state index contributed by atoms with van der Waals surface area (Å²) < 4.78 is 4.58. The quantitative estimate of drug-likeness (QED) is 0.312. The van der Waals surface area contributed by atoms with E-state index in [9.17, 15) is 4.79 Å². The van der Waals surface area contributed by atoms with E-state index < -0.39 is 37.3 Å². The van der Waals surface area contributed by atoms with Crippen molar-refractivity contribution in [1.29, 1.82) is 0 Å². The van der Waals surface area contributed by atoms with E-state index in [0.29, 0.717) is 0 Å². The molecule has 8 heteroatoms. The maximum Gasteiger partial charge on any atom is 0.187 e. The van der Waals surface area contributed by atoms with Crippen LogP contribution >= 0.6 is 0 Å². The highest BCUT2D eigenvalue weighted by Crippen LogP contribution is 2.21. The number of hydrogen-bond acceptors (Lipinski definition) is 7. The Morgan fingerprint density at radius 3 is 2.41 bits per heavy atom. The molecule has 1 aromatic rings. The lowest BCUT2D eigenvalue weighted by atomic mass is 10.00. The number of fused-ring (bicyclic) bond motifs is 2. The number of rotatable bonds is 1. The van der Waals surface area contributed by atoms with Crippen LogP contribution in [0, 0.1) is 0 Å². The van der Waals surface area contributed by atoms with Gasteiger partial charge in [0, 0.05) is 16.8 Å². The minimum absolute atomic E-state index is 0.0644. The molecule has 4 rings (SSSR count). The van der Waals surface area contributed by atoms with Crippen LogP contribution in [0.3, 0.4) is 0 Å². The molecule has 0 radical (unpaired) electrons. The normalized spacial score (nSPS) is 28.0. The van der Waals surface area contributed by atoms with Crippen molar-refractivity contribution in [2.24, 2.45) is 0 Å². The average molecular weight is 375 g/mol. The molecule has 0 spiro atoms. The Labute approximate surface area is 154 Å². The summed E-state index contributed by atoms with van der Waals surface area (Å²) in [6.07, 6.45) is -7.04. The SMILES string of the molecule is O=c1cccc2[nH]c3ccccc3cc1-2.OC[C@H]1O[C@@H](O)[C@H](O)[C@@H](O)[C@H]1O. The minimum Gasteiger partial charge on any atom is -0.394 e. The van der Waals surface area contributed by atoms with Crippen molar-refractivity contribution in [3.63, 3.8) is 0 Å². The second-order valence-electron chi connectivity index (χ2n) is 6.29. The van der Waals surface area contributed by atoms with Crippen molar-refractivity contribution in [3.8, 4) is 11.3 Å². The number of ether oxygens (including phenoxy) is 1. The molecular formula is C19H21NO7. The van der Waals surface area contributed by atoms with E-state index >= 15 is 0 Å². The van der Waals surface area contributed by atoms with Gasteiger partial charge in [-0.15, -0.1) is 0 Å². The molecule has 1 aromatic carbocycles. The Kier molecular flexibility index (Phi) is 5.85. The Hall–Kier alpha value is -2.33. The van der Waals surface area contributed by atoms with Crippen molar-refractivity contribution in [2.75, 3.05) is 6.61 Å². The summed E-state index contributed by atoms with van der Waals surface area (Å²) in [4.78, 5) is 14.9. The summed E-state index contributed by atoms with van der Waals surface area (Å²) in [6, 6.07) is 15.2. The molecule has 1 saturated heterocycles. The van der Waals surface area contributed by atoms with Gasteiger partial charge in [-0.3, -0.25) is 4.79 Å². The summed E-state index contributed by atoms with van der Waals surface area (Å²) in [6.45, 7) is -0.526. The summed E-state index contributed by atoms with van der Waals surface area (Å²) in [5, 5.41) is 45.7. The zero-order chi connectivity index (χ0) is 19.6. The third-order valence-corrected chi connectivity index (χ3v) is 4.46. The third kappa shape index (κ3) is 4.01. The molecule has 8 nitrogen and oxygen atoms in total. The maximum absolute atomic E-state index is 11.6. The molecule has 0 unspecified atom stereocenters. The number of para-hydroxylation sites is 1. The number of nitrogens with one attached hydrogen (secondary N) is 1. The molecule has 0 saturated carbocycles. The molecule has 0 bridgehead atoms. The first-order valence-electron chi connectivity index (χ1n) is 8.41. The molecule has 144 valence electrons. The van der Waals surface area contributed by atoms with Crippen molar-refractivity contribution >= 4 is 10.9 Å². The van der Waals surface area contributed by atoms with Gasteiger partial charge in [0.05, 0.1) is 6.61 Å². The number of aliphatic hydroxyl groups is 5. The number of H-pyrrole nitrogens is 1. The van der Waals surface area contributed by atoms with Crippen LogP contribution in [0.1, 0.15) is 0 Å². The van der Waals surface area contributed by atoms with Crippen LogP contribution in [-0.4, -0.2) is 67.8 Å². The predicted octanol–water partition coefficient (Wildman–Crippen LogP) is -0.589. The first-order chi connectivity index (χ1) is 12.9. The molecule has 27 heavy (non-hydrogen) atoms. The summed E-state index contributed by atoms with van der Waals surface area (Å²) in [7, 11) is 0. The number of pyridine rings is 1.